The first-order valence-corrected chi connectivity index (χ1v) is 10.4. The summed E-state index contributed by atoms with van der Waals surface area (Å²) in [6, 6.07) is 9.77. The molecule has 1 saturated carbocycles. The normalized spacial score (nSPS) is 23.0. The molecule has 0 radical (unpaired) electrons. The molecule has 150 valence electrons. The number of nitriles is 1. The van der Waals surface area contributed by atoms with Crippen molar-refractivity contribution in [3.8, 4) is 6.07 Å². The van der Waals surface area contributed by atoms with E-state index in [0.717, 1.165) is 4.90 Å². The number of nitrogens with one attached hydrogen (secondary N) is 1. The van der Waals surface area contributed by atoms with Gasteiger partial charge in [0, 0.05) is 16.7 Å². The predicted octanol–water partition coefficient (Wildman–Crippen LogP) is 3.64. The summed E-state index contributed by atoms with van der Waals surface area (Å²) in [5.41, 5.74) is -0.196. The Kier molecular flexibility index (Phi) is 5.62. The lowest BCUT2D eigenvalue weighted by Crippen LogP contribution is -2.50. The van der Waals surface area contributed by atoms with Crippen molar-refractivity contribution in [1.82, 2.24) is 10.2 Å². The average molecular weight is 402 g/mol. The van der Waals surface area contributed by atoms with E-state index < -0.39 is 23.3 Å². The second-order valence-corrected chi connectivity index (χ2v) is 9.99. The zero-order valence-electron chi connectivity index (χ0n) is 16.8. The summed E-state index contributed by atoms with van der Waals surface area (Å²) < 4.78 is 5.52. The standard InChI is InChI=1S/C21H27N3O3S/c1-14-5-7-15(8-6-14)28-16-11-17(18(25)23-21(13-22)9-10-21)24(12-16)19(26)27-20(2,3)4/h5-8,16-17H,9-12H2,1-4H3,(H,23,25). The number of carbonyl (C=O) groups is 2. The smallest absolute Gasteiger partial charge is 0.411 e. The first-order valence-electron chi connectivity index (χ1n) is 9.57. The predicted molar refractivity (Wildman–Crippen MR) is 108 cm³/mol. The molecule has 0 bridgehead atoms. The maximum Gasteiger partial charge on any atom is 0.411 e. The second-order valence-electron chi connectivity index (χ2n) is 8.62. The van der Waals surface area contributed by atoms with Crippen LogP contribution in [0.2, 0.25) is 0 Å². The van der Waals surface area contributed by atoms with E-state index in [2.05, 4.69) is 35.7 Å². The van der Waals surface area contributed by atoms with E-state index in [0.29, 0.717) is 25.8 Å². The van der Waals surface area contributed by atoms with Crippen LogP contribution >= 0.6 is 11.8 Å². The second kappa shape index (κ2) is 7.67. The number of nitrogens with zero attached hydrogens (tertiary/aromatic N) is 2. The zero-order valence-corrected chi connectivity index (χ0v) is 17.6. The van der Waals surface area contributed by atoms with E-state index in [9.17, 15) is 14.9 Å². The third kappa shape index (κ3) is 4.99. The van der Waals surface area contributed by atoms with Crippen molar-refractivity contribution in [2.45, 2.75) is 74.3 Å². The van der Waals surface area contributed by atoms with Gasteiger partial charge in [-0.3, -0.25) is 9.69 Å². The highest BCUT2D eigenvalue weighted by molar-refractivity contribution is 8.00. The number of thioether (sulfide) groups is 1. The summed E-state index contributed by atoms with van der Waals surface area (Å²) in [4.78, 5) is 28.2. The molecular weight excluding hydrogens is 374 g/mol. The molecule has 3 rings (SSSR count). The summed E-state index contributed by atoms with van der Waals surface area (Å²) in [5.74, 6) is -0.267. The van der Waals surface area contributed by atoms with Gasteiger partial charge in [-0.05, 0) is 59.1 Å². The highest BCUT2D eigenvalue weighted by atomic mass is 32.2. The van der Waals surface area contributed by atoms with Gasteiger partial charge < -0.3 is 10.1 Å². The maximum absolute atomic E-state index is 12.9. The van der Waals surface area contributed by atoms with Crippen molar-refractivity contribution >= 4 is 23.8 Å². The van der Waals surface area contributed by atoms with Crippen molar-refractivity contribution in [2.24, 2.45) is 0 Å². The first kappa shape index (κ1) is 20.5. The molecule has 1 aromatic carbocycles. The number of likely N-dealkylation sites (tertiary alicyclic amines) is 1. The van der Waals surface area contributed by atoms with Crippen LogP contribution in [0.25, 0.3) is 0 Å². The van der Waals surface area contributed by atoms with E-state index >= 15 is 0 Å². The molecule has 1 N–H and O–H groups in total. The van der Waals surface area contributed by atoms with E-state index in [1.54, 1.807) is 11.8 Å². The van der Waals surface area contributed by atoms with Gasteiger partial charge in [0.25, 0.3) is 0 Å². The Hall–Kier alpha value is -2.20. The fourth-order valence-corrected chi connectivity index (χ4v) is 4.36. The van der Waals surface area contributed by atoms with Crippen molar-refractivity contribution < 1.29 is 14.3 Å². The molecule has 1 aromatic rings. The molecule has 0 aromatic heterocycles. The van der Waals surface area contributed by atoms with Gasteiger partial charge in [-0.1, -0.05) is 17.7 Å². The van der Waals surface area contributed by atoms with Gasteiger partial charge in [0.1, 0.15) is 17.2 Å². The zero-order chi connectivity index (χ0) is 20.5. The number of ether oxygens (including phenoxy) is 1. The number of hydrogen-bond donors (Lipinski definition) is 1. The average Bonchev–Trinajstić information content (AvgIpc) is 3.25. The fourth-order valence-electron chi connectivity index (χ4n) is 3.17. The molecule has 28 heavy (non-hydrogen) atoms. The molecule has 1 heterocycles. The van der Waals surface area contributed by atoms with Crippen LogP contribution in [0.4, 0.5) is 4.79 Å². The lowest BCUT2D eigenvalue weighted by atomic mass is 10.2. The van der Waals surface area contributed by atoms with E-state index in [4.69, 9.17) is 4.74 Å². The molecule has 2 amide bonds. The number of rotatable bonds is 4. The molecule has 2 fully saturated rings. The van der Waals surface area contributed by atoms with Crippen LogP contribution in [-0.4, -0.2) is 45.9 Å². The molecule has 2 aliphatic rings. The summed E-state index contributed by atoms with van der Waals surface area (Å²) in [6.45, 7) is 7.90. The molecule has 0 spiro atoms. The van der Waals surface area contributed by atoms with E-state index in [-0.39, 0.29) is 11.2 Å². The summed E-state index contributed by atoms with van der Waals surface area (Å²) >= 11 is 1.67. The highest BCUT2D eigenvalue weighted by Crippen LogP contribution is 2.37. The Labute approximate surface area is 170 Å². The third-order valence-electron chi connectivity index (χ3n) is 4.84. The number of carbonyl (C=O) groups excluding carboxylic acids is 2. The first-order chi connectivity index (χ1) is 13.1. The van der Waals surface area contributed by atoms with Crippen LogP contribution < -0.4 is 5.32 Å². The van der Waals surface area contributed by atoms with Crippen molar-refractivity contribution in [2.75, 3.05) is 6.54 Å². The lowest BCUT2D eigenvalue weighted by Gasteiger charge is -2.28. The van der Waals surface area contributed by atoms with Crippen molar-refractivity contribution in [3.05, 3.63) is 29.8 Å². The van der Waals surface area contributed by atoms with Gasteiger partial charge in [0.15, 0.2) is 0 Å². The quantitative estimate of drug-likeness (QED) is 0.833. The Morgan fingerprint density at radius 2 is 1.93 bits per heavy atom. The topological polar surface area (TPSA) is 82.4 Å². The van der Waals surface area contributed by atoms with Gasteiger partial charge in [-0.25, -0.2) is 4.79 Å². The minimum Gasteiger partial charge on any atom is -0.444 e. The van der Waals surface area contributed by atoms with Crippen LogP contribution in [0.3, 0.4) is 0 Å². The molecule has 7 heteroatoms. The van der Waals surface area contributed by atoms with Gasteiger partial charge in [-0.2, -0.15) is 5.26 Å². The molecule has 2 unspecified atom stereocenters. The fraction of sp³-hybridized carbons (Fsp3) is 0.571. The summed E-state index contributed by atoms with van der Waals surface area (Å²) in [5, 5.41) is 12.2. The van der Waals surface area contributed by atoms with Gasteiger partial charge in [0.2, 0.25) is 5.91 Å². The summed E-state index contributed by atoms with van der Waals surface area (Å²) in [6.07, 6.45) is 1.37. The number of hydrogen-bond acceptors (Lipinski definition) is 5. The van der Waals surface area contributed by atoms with Crippen LogP contribution in [0, 0.1) is 18.3 Å². The van der Waals surface area contributed by atoms with Crippen LogP contribution in [0.5, 0.6) is 0 Å². The molecule has 1 aliphatic carbocycles. The van der Waals surface area contributed by atoms with Gasteiger partial charge in [0.05, 0.1) is 6.07 Å². The monoisotopic (exact) mass is 401 g/mol. The largest absolute Gasteiger partial charge is 0.444 e. The molecular formula is C21H27N3O3S. The number of benzene rings is 1. The molecule has 1 aliphatic heterocycles. The lowest BCUT2D eigenvalue weighted by molar-refractivity contribution is -0.126. The maximum atomic E-state index is 12.9. The molecule has 2 atom stereocenters. The SMILES string of the molecule is Cc1ccc(SC2CC(C(=O)NC3(C#N)CC3)N(C(=O)OC(C)(C)C)C2)cc1. The van der Waals surface area contributed by atoms with Crippen molar-refractivity contribution in [3.63, 3.8) is 0 Å². The van der Waals surface area contributed by atoms with Gasteiger partial charge in [-0.15, -0.1) is 11.8 Å². The molecule has 1 saturated heterocycles. The van der Waals surface area contributed by atoms with Crippen LogP contribution in [0.15, 0.2) is 29.2 Å². The van der Waals surface area contributed by atoms with Crippen molar-refractivity contribution in [1.29, 1.82) is 5.26 Å². The highest BCUT2D eigenvalue weighted by Gasteiger charge is 2.49. The summed E-state index contributed by atoms with van der Waals surface area (Å²) in [7, 11) is 0. The Bertz CT molecular complexity index is 791. The minimum absolute atomic E-state index is 0.0863. The number of aryl methyl sites for hydroxylation is 1. The minimum atomic E-state index is -0.751. The molecule has 6 nitrogen and oxygen atoms in total. The Morgan fingerprint density at radius 3 is 2.46 bits per heavy atom. The van der Waals surface area contributed by atoms with E-state index in [1.807, 2.05) is 27.7 Å². The van der Waals surface area contributed by atoms with Crippen LogP contribution in [0.1, 0.15) is 45.6 Å². The van der Waals surface area contributed by atoms with Crippen LogP contribution in [-0.2, 0) is 9.53 Å². The Balaban J connectivity index is 1.73. The van der Waals surface area contributed by atoms with E-state index in [1.165, 1.54) is 10.5 Å². The third-order valence-corrected chi connectivity index (χ3v) is 6.06. The van der Waals surface area contributed by atoms with Gasteiger partial charge >= 0.3 is 6.09 Å². The Morgan fingerprint density at radius 1 is 1.29 bits per heavy atom. The number of amides is 2.